The molecule has 1 spiro atoms. The van der Waals surface area contributed by atoms with Gasteiger partial charge >= 0.3 is 5.97 Å². The van der Waals surface area contributed by atoms with E-state index in [0.717, 1.165) is 44.3 Å². The number of rotatable bonds is 5. The minimum Gasteiger partial charge on any atom is -0.464 e. The Morgan fingerprint density at radius 3 is 2.51 bits per heavy atom. The summed E-state index contributed by atoms with van der Waals surface area (Å²) in [6.07, 6.45) is 3.53. The number of esters is 1. The summed E-state index contributed by atoms with van der Waals surface area (Å²) in [7, 11) is 1.30. The van der Waals surface area contributed by atoms with Crippen molar-refractivity contribution >= 4 is 40.8 Å². The molecule has 3 heterocycles. The van der Waals surface area contributed by atoms with Crippen molar-refractivity contribution in [2.75, 3.05) is 50.5 Å². The molecule has 3 fully saturated rings. The lowest BCUT2D eigenvalue weighted by Crippen LogP contribution is -2.61. The van der Waals surface area contributed by atoms with Crippen molar-refractivity contribution in [3.8, 4) is 0 Å². The Labute approximate surface area is 216 Å². The number of hydrogen-bond donors (Lipinski definition) is 1. The third-order valence-electron chi connectivity index (χ3n) is 7.99. The lowest BCUT2D eigenvalue weighted by atomic mass is 9.96. The van der Waals surface area contributed by atoms with Crippen LogP contribution in [0.15, 0.2) is 24.3 Å². The first kappa shape index (κ1) is 24.6. The first-order valence-electron chi connectivity index (χ1n) is 12.3. The van der Waals surface area contributed by atoms with Crippen molar-refractivity contribution in [3.05, 3.63) is 45.7 Å². The number of nitrogen functional groups attached to an aromatic ring is 1. The van der Waals surface area contributed by atoms with E-state index in [0.29, 0.717) is 17.8 Å². The molecule has 0 amide bonds. The number of carbonyl (C=O) groups is 1. The predicted molar refractivity (Wildman–Crippen MR) is 137 cm³/mol. The second-order valence-corrected chi connectivity index (χ2v) is 10.9. The van der Waals surface area contributed by atoms with Gasteiger partial charge in [-0.05, 0) is 56.0 Å². The molecule has 3 N–H and O–H groups in total. The van der Waals surface area contributed by atoms with Crippen LogP contribution in [-0.4, -0.2) is 72.2 Å². The van der Waals surface area contributed by atoms with Crippen molar-refractivity contribution in [3.63, 3.8) is 0 Å². The van der Waals surface area contributed by atoms with Crippen LogP contribution in [0.1, 0.15) is 42.2 Å². The average molecular weight is 520 g/mol. The summed E-state index contributed by atoms with van der Waals surface area (Å²) in [5.41, 5.74) is 7.55. The molecule has 0 radical (unpaired) electrons. The summed E-state index contributed by atoms with van der Waals surface area (Å²) in [6.45, 7) is 8.19. The van der Waals surface area contributed by atoms with Gasteiger partial charge in [-0.1, -0.05) is 42.3 Å². The molecule has 1 aromatic carbocycles. The number of aromatic amines is 1. The van der Waals surface area contributed by atoms with E-state index < -0.39 is 5.97 Å². The van der Waals surface area contributed by atoms with Crippen LogP contribution in [0.25, 0.3) is 0 Å². The molecule has 5 rings (SSSR count). The maximum Gasteiger partial charge on any atom is 0.363 e. The minimum atomic E-state index is -0.605. The Kier molecular flexibility index (Phi) is 6.83. The first-order valence-corrected chi connectivity index (χ1v) is 13.0. The van der Waals surface area contributed by atoms with Crippen molar-refractivity contribution in [2.24, 2.45) is 5.92 Å². The van der Waals surface area contributed by atoms with Gasteiger partial charge in [0.2, 0.25) is 10.8 Å². The normalized spacial score (nSPS) is 25.7. The van der Waals surface area contributed by atoms with E-state index in [-0.39, 0.29) is 22.2 Å². The number of halogens is 2. The number of ether oxygens (including phenoxy) is 1. The first-order chi connectivity index (χ1) is 16.8. The highest BCUT2D eigenvalue weighted by Gasteiger charge is 2.61. The molecular weight excluding hydrogens is 487 g/mol. The molecule has 2 atom stereocenters. The summed E-state index contributed by atoms with van der Waals surface area (Å²) >= 11 is 12.5. The fraction of sp³-hybridized carbons (Fsp3) is 0.560. The van der Waals surface area contributed by atoms with Gasteiger partial charge < -0.3 is 10.5 Å². The Hall–Kier alpha value is -2.13. The SMILES string of the molecule is COC(=O)c1nc(Cl)c(N2CCN(C3CCN(Cc4ccc(Cl)cc4)CC3)C3(C[C@H]3C)C2)[nH+]c1N. The quantitative estimate of drug-likeness (QED) is 0.606. The van der Waals surface area contributed by atoms with Gasteiger partial charge in [-0.2, -0.15) is 0 Å². The van der Waals surface area contributed by atoms with E-state index >= 15 is 0 Å². The summed E-state index contributed by atoms with van der Waals surface area (Å²) in [5, 5.41) is 1.03. The number of nitrogens with two attached hydrogens (primary N) is 1. The highest BCUT2D eigenvalue weighted by Crippen LogP contribution is 2.52. The number of piperazine rings is 1. The van der Waals surface area contributed by atoms with Gasteiger partial charge in [-0.15, -0.1) is 0 Å². The topological polar surface area (TPSA) is 89.1 Å². The van der Waals surface area contributed by atoms with Crippen LogP contribution in [0.2, 0.25) is 10.2 Å². The van der Waals surface area contributed by atoms with Crippen LogP contribution in [-0.2, 0) is 11.3 Å². The Morgan fingerprint density at radius 2 is 1.89 bits per heavy atom. The minimum absolute atomic E-state index is 0.0137. The molecule has 3 aliphatic rings. The molecule has 188 valence electrons. The largest absolute Gasteiger partial charge is 0.464 e. The van der Waals surface area contributed by atoms with Crippen LogP contribution >= 0.6 is 23.2 Å². The number of anilines is 2. The van der Waals surface area contributed by atoms with E-state index in [1.807, 2.05) is 12.1 Å². The van der Waals surface area contributed by atoms with Gasteiger partial charge in [-0.25, -0.2) is 14.8 Å². The van der Waals surface area contributed by atoms with Gasteiger partial charge in [0.15, 0.2) is 0 Å². The zero-order chi connectivity index (χ0) is 24.7. The number of methoxy groups -OCH3 is 1. The lowest BCUT2D eigenvalue weighted by Gasteiger charge is -2.47. The van der Waals surface area contributed by atoms with Gasteiger partial charge in [-0.3, -0.25) is 14.7 Å². The second-order valence-electron chi connectivity index (χ2n) is 10.1. The standard InChI is InChI=1S/C25H32Cl2N6O2/c1-16-13-25(16)15-32(23-21(27)29-20(22(28)30-23)24(34)35-2)11-12-33(25)19-7-9-31(10-8-19)14-17-3-5-18(26)6-4-17/h3-6,16,19H,7-15H2,1-2H3,(H2,28,30)/p+1/t16-,25?/m1/s1. The molecule has 1 aromatic heterocycles. The highest BCUT2D eigenvalue weighted by atomic mass is 35.5. The summed E-state index contributed by atoms with van der Waals surface area (Å²) in [6, 6.07) is 8.77. The third-order valence-corrected chi connectivity index (χ3v) is 8.51. The predicted octanol–water partition coefficient (Wildman–Crippen LogP) is 3.14. The van der Waals surface area contributed by atoms with Gasteiger partial charge in [0.25, 0.3) is 11.6 Å². The maximum atomic E-state index is 11.9. The third kappa shape index (κ3) is 4.81. The number of nitrogens with zero attached hydrogens (tertiary/aromatic N) is 4. The fourth-order valence-corrected chi connectivity index (χ4v) is 6.31. The number of likely N-dealkylation sites (tertiary alicyclic amines) is 1. The van der Waals surface area contributed by atoms with Crippen LogP contribution in [0.3, 0.4) is 0 Å². The smallest absolute Gasteiger partial charge is 0.363 e. The average Bonchev–Trinajstić information content (AvgIpc) is 3.49. The van der Waals surface area contributed by atoms with Crippen molar-refractivity contribution < 1.29 is 14.5 Å². The molecule has 8 nitrogen and oxygen atoms in total. The summed E-state index contributed by atoms with van der Waals surface area (Å²) in [5.74, 6) is 0.861. The number of aromatic nitrogens is 2. The van der Waals surface area contributed by atoms with Gasteiger partial charge in [0.05, 0.1) is 25.7 Å². The zero-order valence-electron chi connectivity index (χ0n) is 20.3. The number of piperidine rings is 1. The van der Waals surface area contributed by atoms with Gasteiger partial charge in [0, 0.05) is 24.2 Å². The fourth-order valence-electron chi connectivity index (χ4n) is 5.93. The van der Waals surface area contributed by atoms with Crippen molar-refractivity contribution in [2.45, 2.75) is 44.3 Å². The molecule has 35 heavy (non-hydrogen) atoms. The van der Waals surface area contributed by atoms with E-state index in [9.17, 15) is 4.79 Å². The van der Waals surface area contributed by atoms with E-state index in [4.69, 9.17) is 33.7 Å². The van der Waals surface area contributed by atoms with Crippen molar-refractivity contribution in [1.29, 1.82) is 0 Å². The number of benzene rings is 1. The van der Waals surface area contributed by atoms with Gasteiger partial charge in [0.1, 0.15) is 0 Å². The molecule has 10 heteroatoms. The van der Waals surface area contributed by atoms with Crippen molar-refractivity contribution in [1.82, 2.24) is 14.8 Å². The summed E-state index contributed by atoms with van der Waals surface area (Å²) < 4.78 is 4.75. The number of H-pyrrole nitrogens is 1. The zero-order valence-corrected chi connectivity index (χ0v) is 21.8. The molecule has 0 bridgehead atoms. The Balaban J connectivity index is 1.24. The molecule has 1 saturated carbocycles. The lowest BCUT2D eigenvalue weighted by molar-refractivity contribution is -0.347. The van der Waals surface area contributed by atoms with Crippen LogP contribution < -0.4 is 15.6 Å². The number of nitrogens with one attached hydrogen (secondary N) is 1. The maximum absolute atomic E-state index is 11.9. The Bertz CT molecular complexity index is 1090. The highest BCUT2D eigenvalue weighted by molar-refractivity contribution is 6.31. The summed E-state index contributed by atoms with van der Waals surface area (Å²) in [4.78, 5) is 26.8. The van der Waals surface area contributed by atoms with E-state index in [2.05, 4.69) is 43.7 Å². The number of hydrogen-bond acceptors (Lipinski definition) is 7. The molecule has 2 aromatic rings. The Morgan fingerprint density at radius 1 is 1.20 bits per heavy atom. The molecule has 1 aliphatic carbocycles. The number of carbonyl (C=O) groups excluding carboxylic acids is 1. The molecule has 2 saturated heterocycles. The molecular formula is C25H33Cl2N6O2+. The van der Waals surface area contributed by atoms with Crippen LogP contribution in [0.4, 0.5) is 11.6 Å². The van der Waals surface area contributed by atoms with E-state index in [1.54, 1.807) is 0 Å². The molecule has 2 aliphatic heterocycles. The van der Waals surface area contributed by atoms with Crippen LogP contribution in [0, 0.1) is 5.92 Å². The van der Waals surface area contributed by atoms with E-state index in [1.165, 1.54) is 31.9 Å². The molecule has 1 unspecified atom stereocenters. The second kappa shape index (κ2) is 9.73. The van der Waals surface area contributed by atoms with Crippen LogP contribution in [0.5, 0.6) is 0 Å². The monoisotopic (exact) mass is 519 g/mol.